The standard InChI is InChI=1S/C22H23IN2O4/c1-3-11-25-21(26)18(24-22(25)27)12-16-7-10-19(20(13-16)28-4-2)29-14-15-5-8-17(23)9-6-15/h5-10,12-13H,3-4,11,14H2,1-2H3,(H,24,27)/b18-12+. The molecule has 29 heavy (non-hydrogen) atoms. The molecule has 1 saturated heterocycles. The zero-order chi connectivity index (χ0) is 20.8. The van der Waals surface area contributed by atoms with Crippen molar-refractivity contribution >= 4 is 40.6 Å². The number of ether oxygens (including phenoxy) is 2. The molecule has 0 radical (unpaired) electrons. The molecule has 0 bridgehead atoms. The number of amides is 3. The highest BCUT2D eigenvalue weighted by Gasteiger charge is 2.32. The monoisotopic (exact) mass is 506 g/mol. The Balaban J connectivity index is 1.77. The lowest BCUT2D eigenvalue weighted by Crippen LogP contribution is -2.31. The Morgan fingerprint density at radius 3 is 2.48 bits per heavy atom. The summed E-state index contributed by atoms with van der Waals surface area (Å²) in [6.07, 6.45) is 2.37. The maximum Gasteiger partial charge on any atom is 0.329 e. The average Bonchev–Trinajstić information content (AvgIpc) is 2.97. The maximum atomic E-state index is 12.4. The van der Waals surface area contributed by atoms with Crippen LogP contribution in [0.1, 0.15) is 31.4 Å². The van der Waals surface area contributed by atoms with Gasteiger partial charge in [-0.3, -0.25) is 9.69 Å². The summed E-state index contributed by atoms with van der Waals surface area (Å²) in [5.41, 5.74) is 2.07. The quantitative estimate of drug-likeness (QED) is 0.324. The van der Waals surface area contributed by atoms with Crippen LogP contribution in [-0.4, -0.2) is 30.0 Å². The number of urea groups is 1. The zero-order valence-electron chi connectivity index (χ0n) is 16.4. The molecule has 3 amide bonds. The fourth-order valence-corrected chi connectivity index (χ4v) is 3.27. The molecule has 1 heterocycles. The van der Waals surface area contributed by atoms with Crippen molar-refractivity contribution in [3.8, 4) is 11.5 Å². The highest BCUT2D eigenvalue weighted by Crippen LogP contribution is 2.30. The fourth-order valence-electron chi connectivity index (χ4n) is 2.91. The minimum Gasteiger partial charge on any atom is -0.490 e. The van der Waals surface area contributed by atoms with Gasteiger partial charge in [0.2, 0.25) is 0 Å². The number of carbonyl (C=O) groups excluding carboxylic acids is 2. The minimum absolute atomic E-state index is 0.262. The van der Waals surface area contributed by atoms with Crippen LogP contribution in [0.15, 0.2) is 48.2 Å². The molecule has 6 nitrogen and oxygen atoms in total. The van der Waals surface area contributed by atoms with E-state index in [1.54, 1.807) is 6.08 Å². The van der Waals surface area contributed by atoms with Gasteiger partial charge in [0.1, 0.15) is 12.3 Å². The Hall–Kier alpha value is -2.55. The van der Waals surface area contributed by atoms with Gasteiger partial charge in [0.05, 0.1) is 6.61 Å². The van der Waals surface area contributed by atoms with E-state index in [4.69, 9.17) is 9.47 Å². The topological polar surface area (TPSA) is 67.9 Å². The van der Waals surface area contributed by atoms with Crippen molar-refractivity contribution in [2.24, 2.45) is 0 Å². The van der Waals surface area contributed by atoms with Crippen molar-refractivity contribution in [3.63, 3.8) is 0 Å². The summed E-state index contributed by atoms with van der Waals surface area (Å²) in [7, 11) is 0. The molecule has 7 heteroatoms. The first-order valence-corrected chi connectivity index (χ1v) is 10.6. The van der Waals surface area contributed by atoms with E-state index in [-0.39, 0.29) is 17.6 Å². The van der Waals surface area contributed by atoms with Crippen LogP contribution in [-0.2, 0) is 11.4 Å². The minimum atomic E-state index is -0.384. The van der Waals surface area contributed by atoms with Crippen LogP contribution in [0.4, 0.5) is 4.79 Å². The van der Waals surface area contributed by atoms with Gasteiger partial charge in [-0.15, -0.1) is 0 Å². The van der Waals surface area contributed by atoms with Crippen LogP contribution < -0.4 is 14.8 Å². The molecule has 3 rings (SSSR count). The van der Waals surface area contributed by atoms with Crippen molar-refractivity contribution in [3.05, 3.63) is 62.9 Å². The van der Waals surface area contributed by atoms with E-state index in [1.165, 1.54) is 8.47 Å². The van der Waals surface area contributed by atoms with Gasteiger partial charge in [0.25, 0.3) is 5.91 Å². The Kier molecular flexibility index (Phi) is 7.13. The summed E-state index contributed by atoms with van der Waals surface area (Å²) >= 11 is 2.27. The van der Waals surface area contributed by atoms with Gasteiger partial charge < -0.3 is 14.8 Å². The number of halogens is 1. The van der Waals surface area contributed by atoms with E-state index in [9.17, 15) is 9.59 Å². The smallest absolute Gasteiger partial charge is 0.329 e. The highest BCUT2D eigenvalue weighted by molar-refractivity contribution is 14.1. The second-order valence-electron chi connectivity index (χ2n) is 6.50. The molecule has 1 aliphatic rings. The van der Waals surface area contributed by atoms with Crippen molar-refractivity contribution in [2.45, 2.75) is 26.9 Å². The lowest BCUT2D eigenvalue weighted by molar-refractivity contribution is -0.122. The Morgan fingerprint density at radius 1 is 1.03 bits per heavy atom. The van der Waals surface area contributed by atoms with E-state index < -0.39 is 0 Å². The van der Waals surface area contributed by atoms with Gasteiger partial charge in [-0.25, -0.2) is 4.79 Å². The third kappa shape index (κ3) is 5.29. The predicted octanol–water partition coefficient (Wildman–Crippen LogP) is 4.57. The molecule has 0 aliphatic carbocycles. The van der Waals surface area contributed by atoms with Crippen LogP contribution in [0.25, 0.3) is 6.08 Å². The summed E-state index contributed by atoms with van der Waals surface area (Å²) in [5.74, 6) is 0.908. The number of rotatable bonds is 8. The van der Waals surface area contributed by atoms with Crippen LogP contribution in [0.3, 0.4) is 0 Å². The van der Waals surface area contributed by atoms with Crippen LogP contribution in [0, 0.1) is 3.57 Å². The third-order valence-corrected chi connectivity index (χ3v) is 5.01. The van der Waals surface area contributed by atoms with Crippen molar-refractivity contribution < 1.29 is 19.1 Å². The van der Waals surface area contributed by atoms with E-state index in [0.717, 1.165) is 11.1 Å². The summed E-state index contributed by atoms with van der Waals surface area (Å²) in [4.78, 5) is 25.6. The summed E-state index contributed by atoms with van der Waals surface area (Å²) < 4.78 is 12.8. The van der Waals surface area contributed by atoms with E-state index in [0.29, 0.717) is 37.7 Å². The Morgan fingerprint density at radius 2 is 1.79 bits per heavy atom. The first-order chi connectivity index (χ1) is 14.0. The molecule has 1 aliphatic heterocycles. The van der Waals surface area contributed by atoms with Gasteiger partial charge >= 0.3 is 6.03 Å². The van der Waals surface area contributed by atoms with Crippen molar-refractivity contribution in [2.75, 3.05) is 13.2 Å². The van der Waals surface area contributed by atoms with Crippen LogP contribution >= 0.6 is 22.6 Å². The first kappa shape index (κ1) is 21.2. The first-order valence-electron chi connectivity index (χ1n) is 9.50. The molecule has 0 unspecified atom stereocenters. The van der Waals surface area contributed by atoms with Gasteiger partial charge in [-0.1, -0.05) is 25.1 Å². The summed E-state index contributed by atoms with van der Waals surface area (Å²) in [6, 6.07) is 13.2. The van der Waals surface area contributed by atoms with Gasteiger partial charge in [0, 0.05) is 10.1 Å². The Labute approximate surface area is 184 Å². The molecule has 152 valence electrons. The molecule has 0 aromatic heterocycles. The molecule has 1 fully saturated rings. The molecular weight excluding hydrogens is 483 g/mol. The second-order valence-corrected chi connectivity index (χ2v) is 7.74. The number of hydrogen-bond donors (Lipinski definition) is 1. The highest BCUT2D eigenvalue weighted by atomic mass is 127. The number of carbonyl (C=O) groups is 2. The average molecular weight is 506 g/mol. The SMILES string of the molecule is CCCN1C(=O)N/C(=C/c2ccc(OCc3ccc(I)cc3)c(OCC)c2)C1=O. The van der Waals surface area contributed by atoms with E-state index in [1.807, 2.05) is 56.3 Å². The number of nitrogens with zero attached hydrogens (tertiary/aromatic N) is 1. The summed E-state index contributed by atoms with van der Waals surface area (Å²) in [5, 5.41) is 2.63. The number of benzene rings is 2. The molecule has 1 N–H and O–H groups in total. The zero-order valence-corrected chi connectivity index (χ0v) is 18.6. The van der Waals surface area contributed by atoms with Gasteiger partial charge in [0.15, 0.2) is 11.5 Å². The Bertz CT molecular complexity index is 925. The largest absolute Gasteiger partial charge is 0.490 e. The van der Waals surface area contributed by atoms with Crippen molar-refractivity contribution in [1.29, 1.82) is 0 Å². The van der Waals surface area contributed by atoms with Gasteiger partial charge in [-0.2, -0.15) is 0 Å². The molecular formula is C22H23IN2O4. The molecule has 0 saturated carbocycles. The van der Waals surface area contributed by atoms with Gasteiger partial charge in [-0.05, 0) is 77.4 Å². The fraction of sp³-hybridized carbons (Fsp3) is 0.273. The van der Waals surface area contributed by atoms with E-state index >= 15 is 0 Å². The molecule has 2 aromatic rings. The molecule has 2 aromatic carbocycles. The lowest BCUT2D eigenvalue weighted by Gasteiger charge is -2.13. The maximum absolute atomic E-state index is 12.4. The lowest BCUT2D eigenvalue weighted by atomic mass is 10.1. The van der Waals surface area contributed by atoms with Crippen LogP contribution in [0.5, 0.6) is 11.5 Å². The number of hydrogen-bond acceptors (Lipinski definition) is 4. The second kappa shape index (κ2) is 9.78. The predicted molar refractivity (Wildman–Crippen MR) is 120 cm³/mol. The molecule has 0 atom stereocenters. The third-order valence-electron chi connectivity index (χ3n) is 4.30. The number of imide groups is 1. The van der Waals surface area contributed by atoms with Crippen molar-refractivity contribution in [1.82, 2.24) is 10.2 Å². The number of nitrogens with one attached hydrogen (secondary N) is 1. The summed E-state index contributed by atoms with van der Waals surface area (Å²) in [6.45, 7) is 5.14. The van der Waals surface area contributed by atoms with Crippen LogP contribution in [0.2, 0.25) is 0 Å². The van der Waals surface area contributed by atoms with E-state index in [2.05, 4.69) is 27.9 Å². The normalized spacial score (nSPS) is 15.0. The molecule has 0 spiro atoms.